The van der Waals surface area contributed by atoms with Crippen molar-refractivity contribution in [3.63, 3.8) is 0 Å². The summed E-state index contributed by atoms with van der Waals surface area (Å²) in [6.07, 6.45) is 5.14. The lowest BCUT2D eigenvalue weighted by atomic mass is 9.73. The lowest BCUT2D eigenvalue weighted by Crippen LogP contribution is -2.38. The van der Waals surface area contributed by atoms with E-state index in [0.717, 1.165) is 11.4 Å². The quantitative estimate of drug-likeness (QED) is 0.785. The van der Waals surface area contributed by atoms with Gasteiger partial charge in [-0.15, -0.1) is 0 Å². The van der Waals surface area contributed by atoms with E-state index in [9.17, 15) is 4.79 Å². The zero-order valence-corrected chi connectivity index (χ0v) is 12.6. The van der Waals surface area contributed by atoms with Gasteiger partial charge in [-0.05, 0) is 42.5 Å². The molecule has 1 saturated carbocycles. The molecule has 1 aromatic carbocycles. The zero-order chi connectivity index (χ0) is 14.6. The van der Waals surface area contributed by atoms with Crippen LogP contribution in [0.25, 0.3) is 0 Å². The van der Waals surface area contributed by atoms with E-state index in [1.807, 2.05) is 24.3 Å². The van der Waals surface area contributed by atoms with Crippen molar-refractivity contribution in [1.82, 2.24) is 5.32 Å². The second kappa shape index (κ2) is 6.16. The number of hydrogen-bond donors (Lipinski definition) is 3. The number of carbonyl (C=O) groups excluding carboxylic acids is 1. The molecule has 2 amide bonds. The molecule has 0 bridgehead atoms. The summed E-state index contributed by atoms with van der Waals surface area (Å²) in [4.78, 5) is 11.2. The van der Waals surface area contributed by atoms with E-state index in [-0.39, 0.29) is 6.03 Å². The molecule has 0 heterocycles. The van der Waals surface area contributed by atoms with Crippen LogP contribution in [0.5, 0.6) is 0 Å². The summed E-state index contributed by atoms with van der Waals surface area (Å²) >= 11 is 0. The molecule has 1 aromatic rings. The molecule has 0 spiro atoms. The summed E-state index contributed by atoms with van der Waals surface area (Å²) in [5.74, 6) is 0. The number of anilines is 2. The second-order valence-corrected chi connectivity index (χ2v) is 6.21. The highest BCUT2D eigenvalue weighted by molar-refractivity contribution is 5.89. The number of rotatable bonds is 3. The molecular weight excluding hydrogens is 250 g/mol. The topological polar surface area (TPSA) is 53.2 Å². The molecule has 0 aliphatic heterocycles. The smallest absolute Gasteiger partial charge is 0.318 e. The third-order valence-electron chi connectivity index (χ3n) is 4.22. The highest BCUT2D eigenvalue weighted by atomic mass is 16.2. The van der Waals surface area contributed by atoms with Gasteiger partial charge in [0, 0.05) is 24.5 Å². The molecular formula is C16H25N3O. The lowest BCUT2D eigenvalue weighted by molar-refractivity contribution is 0.217. The van der Waals surface area contributed by atoms with E-state index in [2.05, 4.69) is 29.8 Å². The first-order valence-electron chi connectivity index (χ1n) is 7.36. The third-order valence-corrected chi connectivity index (χ3v) is 4.22. The van der Waals surface area contributed by atoms with E-state index < -0.39 is 0 Å². The number of hydrogen-bond acceptors (Lipinski definition) is 2. The van der Waals surface area contributed by atoms with Gasteiger partial charge in [0.25, 0.3) is 0 Å². The molecule has 110 valence electrons. The van der Waals surface area contributed by atoms with Crippen LogP contribution in [0.2, 0.25) is 0 Å². The minimum absolute atomic E-state index is 0.195. The molecule has 0 aromatic heterocycles. The van der Waals surface area contributed by atoms with Gasteiger partial charge in [-0.1, -0.05) is 26.7 Å². The van der Waals surface area contributed by atoms with Crippen LogP contribution in [0.15, 0.2) is 24.3 Å². The number of carbonyl (C=O) groups is 1. The Bertz CT molecular complexity index is 453. The maximum Gasteiger partial charge on any atom is 0.318 e. The Kier molecular flexibility index (Phi) is 4.53. The van der Waals surface area contributed by atoms with Gasteiger partial charge in [-0.25, -0.2) is 4.79 Å². The third kappa shape index (κ3) is 3.65. The van der Waals surface area contributed by atoms with Crippen LogP contribution in [-0.2, 0) is 0 Å². The van der Waals surface area contributed by atoms with Crippen molar-refractivity contribution in [2.24, 2.45) is 5.41 Å². The molecule has 1 unspecified atom stereocenters. The van der Waals surface area contributed by atoms with Gasteiger partial charge >= 0.3 is 6.03 Å². The van der Waals surface area contributed by atoms with Gasteiger partial charge in [-0.2, -0.15) is 0 Å². The van der Waals surface area contributed by atoms with Crippen LogP contribution < -0.4 is 16.0 Å². The molecule has 3 N–H and O–H groups in total. The summed E-state index contributed by atoms with van der Waals surface area (Å²) in [5.41, 5.74) is 2.27. The van der Waals surface area contributed by atoms with E-state index in [1.165, 1.54) is 25.7 Å². The average Bonchev–Trinajstić information content (AvgIpc) is 2.43. The Balaban J connectivity index is 1.98. The van der Waals surface area contributed by atoms with Crippen molar-refractivity contribution in [3.8, 4) is 0 Å². The fourth-order valence-electron chi connectivity index (χ4n) is 2.81. The van der Waals surface area contributed by atoms with Crippen LogP contribution in [0.1, 0.15) is 39.5 Å². The van der Waals surface area contributed by atoms with E-state index in [4.69, 9.17) is 0 Å². The van der Waals surface area contributed by atoms with Gasteiger partial charge in [0.15, 0.2) is 0 Å². The first kappa shape index (κ1) is 14.7. The second-order valence-electron chi connectivity index (χ2n) is 6.21. The Hall–Kier alpha value is -1.71. The van der Waals surface area contributed by atoms with Crippen molar-refractivity contribution in [2.45, 2.75) is 45.6 Å². The first-order valence-corrected chi connectivity index (χ1v) is 7.36. The fraction of sp³-hybridized carbons (Fsp3) is 0.562. The van der Waals surface area contributed by atoms with Gasteiger partial charge in [0.2, 0.25) is 0 Å². The molecule has 4 nitrogen and oxygen atoms in total. The van der Waals surface area contributed by atoms with Crippen LogP contribution in [0, 0.1) is 5.41 Å². The molecule has 1 atom stereocenters. The zero-order valence-electron chi connectivity index (χ0n) is 12.6. The largest absolute Gasteiger partial charge is 0.382 e. The number of nitrogens with one attached hydrogen (secondary N) is 3. The lowest BCUT2D eigenvalue weighted by Gasteiger charge is -2.39. The van der Waals surface area contributed by atoms with Crippen LogP contribution in [-0.4, -0.2) is 19.1 Å². The van der Waals surface area contributed by atoms with Crippen molar-refractivity contribution in [3.05, 3.63) is 24.3 Å². The van der Waals surface area contributed by atoms with E-state index in [1.54, 1.807) is 7.05 Å². The molecule has 1 aliphatic rings. The molecule has 1 fully saturated rings. The van der Waals surface area contributed by atoms with Crippen LogP contribution in [0.4, 0.5) is 16.2 Å². The van der Waals surface area contributed by atoms with E-state index >= 15 is 0 Å². The number of amides is 2. The molecule has 4 heteroatoms. The Morgan fingerprint density at radius 3 is 2.40 bits per heavy atom. The summed E-state index contributed by atoms with van der Waals surface area (Å²) in [5, 5.41) is 8.94. The van der Waals surface area contributed by atoms with Crippen LogP contribution >= 0.6 is 0 Å². The van der Waals surface area contributed by atoms with Crippen molar-refractivity contribution < 1.29 is 4.79 Å². The SMILES string of the molecule is CNC(=O)Nc1ccc(NC2CCCCC2(C)C)cc1. The van der Waals surface area contributed by atoms with Gasteiger partial charge in [0.05, 0.1) is 0 Å². The average molecular weight is 275 g/mol. The van der Waals surface area contributed by atoms with E-state index in [0.29, 0.717) is 11.5 Å². The summed E-state index contributed by atoms with van der Waals surface area (Å²) in [6.45, 7) is 4.68. The normalized spacial score (nSPS) is 21.1. The molecule has 20 heavy (non-hydrogen) atoms. The van der Waals surface area contributed by atoms with Crippen LogP contribution in [0.3, 0.4) is 0 Å². The van der Waals surface area contributed by atoms with Crippen molar-refractivity contribution >= 4 is 17.4 Å². The summed E-state index contributed by atoms with van der Waals surface area (Å²) in [6, 6.07) is 8.22. The highest BCUT2D eigenvalue weighted by Gasteiger charge is 2.31. The molecule has 0 saturated heterocycles. The summed E-state index contributed by atoms with van der Waals surface area (Å²) in [7, 11) is 1.61. The highest BCUT2D eigenvalue weighted by Crippen LogP contribution is 2.37. The van der Waals surface area contributed by atoms with Crippen molar-refractivity contribution in [1.29, 1.82) is 0 Å². The van der Waals surface area contributed by atoms with Gasteiger partial charge < -0.3 is 16.0 Å². The molecule has 0 radical (unpaired) electrons. The summed E-state index contributed by atoms with van der Waals surface area (Å²) < 4.78 is 0. The number of urea groups is 1. The van der Waals surface area contributed by atoms with Gasteiger partial charge in [-0.3, -0.25) is 0 Å². The monoisotopic (exact) mass is 275 g/mol. The fourth-order valence-corrected chi connectivity index (χ4v) is 2.81. The minimum Gasteiger partial charge on any atom is -0.382 e. The Morgan fingerprint density at radius 1 is 1.15 bits per heavy atom. The Labute approximate surface area is 121 Å². The predicted octanol–water partition coefficient (Wildman–Crippen LogP) is 3.82. The standard InChI is InChI=1S/C16H25N3O/c1-16(2)11-5-4-6-14(16)18-12-7-9-13(10-8-12)19-15(20)17-3/h7-10,14,18H,4-6,11H2,1-3H3,(H2,17,19,20). The van der Waals surface area contributed by atoms with Gasteiger partial charge in [0.1, 0.15) is 0 Å². The molecule has 1 aliphatic carbocycles. The maximum atomic E-state index is 11.2. The van der Waals surface area contributed by atoms with Crippen molar-refractivity contribution in [2.75, 3.05) is 17.7 Å². The first-order chi connectivity index (χ1) is 9.51. The predicted molar refractivity (Wildman–Crippen MR) is 84.2 cm³/mol. The Morgan fingerprint density at radius 2 is 1.80 bits per heavy atom. The molecule has 2 rings (SSSR count). The minimum atomic E-state index is -0.195. The maximum absolute atomic E-state index is 11.2. The number of benzene rings is 1.